The molecule has 0 aliphatic rings. The molecule has 3 aromatic heterocycles. The summed E-state index contributed by atoms with van der Waals surface area (Å²) in [6.45, 7) is 2.01. The molecular weight excluding hydrogens is 526 g/mol. The van der Waals surface area contributed by atoms with Crippen LogP contribution in [0.5, 0.6) is 5.88 Å². The third-order valence-corrected chi connectivity index (χ3v) is 7.17. The molecule has 0 aliphatic carbocycles. The van der Waals surface area contributed by atoms with E-state index in [1.807, 2.05) is 71.5 Å². The van der Waals surface area contributed by atoms with E-state index in [0.717, 1.165) is 22.3 Å². The monoisotopic (exact) mass is 555 g/mol. The zero-order chi connectivity index (χ0) is 28.9. The lowest BCUT2D eigenvalue weighted by Gasteiger charge is -2.36. The van der Waals surface area contributed by atoms with Crippen LogP contribution in [0, 0.1) is 0 Å². The minimum absolute atomic E-state index is 0.191. The number of carbonyl (C=O) groups excluding carboxylic acids is 1. The van der Waals surface area contributed by atoms with E-state index >= 15 is 0 Å². The van der Waals surface area contributed by atoms with Crippen LogP contribution in [0.1, 0.15) is 34.1 Å². The minimum atomic E-state index is -0.779. The number of rotatable bonds is 9. The molecule has 208 valence electrons. The summed E-state index contributed by atoms with van der Waals surface area (Å²) in [5.41, 5.74) is 4.66. The van der Waals surface area contributed by atoms with Crippen molar-refractivity contribution in [3.8, 4) is 22.8 Å². The fourth-order valence-corrected chi connectivity index (χ4v) is 5.28. The number of methoxy groups -OCH3 is 1. The molecule has 3 aromatic carbocycles. The van der Waals surface area contributed by atoms with Crippen LogP contribution in [0.15, 0.2) is 128 Å². The van der Waals surface area contributed by atoms with E-state index in [1.54, 1.807) is 43.2 Å². The average Bonchev–Trinajstić information content (AvgIpc) is 3.72. The smallest absolute Gasteiger partial charge is 0.358 e. The molecule has 0 radical (unpaired) electrons. The first-order chi connectivity index (χ1) is 20.6. The van der Waals surface area contributed by atoms with Gasteiger partial charge >= 0.3 is 5.97 Å². The Balaban J connectivity index is 1.57. The highest BCUT2D eigenvalue weighted by Gasteiger charge is 2.39. The van der Waals surface area contributed by atoms with Gasteiger partial charge in [0, 0.05) is 17.8 Å². The third-order valence-electron chi connectivity index (χ3n) is 7.17. The number of esters is 1. The van der Waals surface area contributed by atoms with Gasteiger partial charge in [-0.2, -0.15) is 10.2 Å². The number of hydrogen-bond acceptors (Lipinski definition) is 6. The van der Waals surface area contributed by atoms with Crippen LogP contribution < -0.4 is 4.74 Å². The number of hydrogen-bond donors (Lipinski definition) is 0. The molecule has 6 aromatic rings. The Hall–Kier alpha value is -5.50. The second kappa shape index (κ2) is 11.5. The van der Waals surface area contributed by atoms with Gasteiger partial charge < -0.3 is 9.47 Å². The average molecular weight is 556 g/mol. The first kappa shape index (κ1) is 26.7. The Labute approximate surface area is 243 Å². The van der Waals surface area contributed by atoms with Crippen molar-refractivity contribution in [2.45, 2.75) is 12.5 Å². The number of ether oxygens (including phenoxy) is 2. The molecule has 8 nitrogen and oxygen atoms in total. The Morgan fingerprint density at radius 3 is 1.90 bits per heavy atom. The summed E-state index contributed by atoms with van der Waals surface area (Å²) < 4.78 is 14.2. The Kier molecular flexibility index (Phi) is 7.34. The van der Waals surface area contributed by atoms with Gasteiger partial charge in [-0.05, 0) is 35.7 Å². The molecule has 42 heavy (non-hydrogen) atoms. The second-order valence-electron chi connectivity index (χ2n) is 9.59. The summed E-state index contributed by atoms with van der Waals surface area (Å²) in [6, 6.07) is 36.3. The lowest BCUT2D eigenvalue weighted by Crippen LogP contribution is -2.38. The fraction of sp³-hybridized carbons (Fsp3) is 0.118. The Bertz CT molecular complexity index is 1680. The molecule has 0 amide bonds. The Morgan fingerprint density at radius 2 is 1.40 bits per heavy atom. The molecule has 8 heteroatoms. The van der Waals surface area contributed by atoms with E-state index in [4.69, 9.17) is 14.6 Å². The predicted octanol–water partition coefficient (Wildman–Crippen LogP) is 6.16. The van der Waals surface area contributed by atoms with Gasteiger partial charge in [-0.15, -0.1) is 0 Å². The quantitative estimate of drug-likeness (QED) is 0.157. The van der Waals surface area contributed by atoms with Crippen LogP contribution in [-0.2, 0) is 10.3 Å². The highest BCUT2D eigenvalue weighted by molar-refractivity contribution is 5.89. The number of pyridine rings is 1. The van der Waals surface area contributed by atoms with E-state index in [9.17, 15) is 4.79 Å². The minimum Gasteiger partial charge on any atom is -0.481 e. The fourth-order valence-electron chi connectivity index (χ4n) is 5.28. The van der Waals surface area contributed by atoms with Gasteiger partial charge in [0.25, 0.3) is 0 Å². The summed E-state index contributed by atoms with van der Waals surface area (Å²) in [5.74, 6) is -0.0252. The third kappa shape index (κ3) is 4.73. The first-order valence-electron chi connectivity index (χ1n) is 13.6. The number of nitrogens with zero attached hydrogens (tertiary/aromatic N) is 5. The van der Waals surface area contributed by atoms with Crippen LogP contribution in [0.3, 0.4) is 0 Å². The maximum Gasteiger partial charge on any atom is 0.358 e. The number of aromatic nitrogens is 5. The number of benzene rings is 3. The lowest BCUT2D eigenvalue weighted by atomic mass is 9.77. The van der Waals surface area contributed by atoms with Crippen molar-refractivity contribution in [2.75, 3.05) is 13.7 Å². The van der Waals surface area contributed by atoms with Crippen molar-refractivity contribution >= 4 is 5.97 Å². The van der Waals surface area contributed by atoms with Gasteiger partial charge in [-0.1, -0.05) is 91.0 Å². The molecule has 0 fully saturated rings. The zero-order valence-electron chi connectivity index (χ0n) is 23.3. The maximum absolute atomic E-state index is 12.7. The molecular formula is C34H29N5O3. The normalized spacial score (nSPS) is 11.3. The van der Waals surface area contributed by atoms with E-state index in [2.05, 4.69) is 46.5 Å². The standard InChI is InChI=1S/C34H29N5O3/c1-3-42-33(40)30-21-31(39(37-30)29-19-20-32(41-2)35-23-29)25-22-36-38(24-25)34(26-13-7-4-8-14-26,27-15-9-5-10-16-27)28-17-11-6-12-18-28/h4-24H,3H2,1-2H3. The molecule has 0 unspecified atom stereocenters. The van der Waals surface area contributed by atoms with Crippen LogP contribution >= 0.6 is 0 Å². The van der Waals surface area contributed by atoms with Crippen LogP contribution in [-0.4, -0.2) is 44.2 Å². The second-order valence-corrected chi connectivity index (χ2v) is 9.59. The molecule has 0 aliphatic heterocycles. The van der Waals surface area contributed by atoms with E-state index < -0.39 is 11.5 Å². The van der Waals surface area contributed by atoms with Gasteiger partial charge in [-0.3, -0.25) is 4.68 Å². The summed E-state index contributed by atoms with van der Waals surface area (Å²) in [7, 11) is 1.56. The predicted molar refractivity (Wildman–Crippen MR) is 160 cm³/mol. The molecule has 3 heterocycles. The summed E-state index contributed by atoms with van der Waals surface area (Å²) in [4.78, 5) is 17.1. The van der Waals surface area contributed by atoms with Gasteiger partial charge in [0.2, 0.25) is 5.88 Å². The molecule has 0 spiro atoms. The Morgan fingerprint density at radius 1 is 0.810 bits per heavy atom. The van der Waals surface area contributed by atoms with Gasteiger partial charge in [0.1, 0.15) is 5.54 Å². The lowest BCUT2D eigenvalue weighted by molar-refractivity contribution is 0.0519. The molecule has 6 rings (SSSR count). The van der Waals surface area contributed by atoms with Crippen molar-refractivity contribution in [2.24, 2.45) is 0 Å². The summed E-state index contributed by atoms with van der Waals surface area (Å²) in [5, 5.41) is 9.57. The van der Waals surface area contributed by atoms with Crippen molar-refractivity contribution in [1.82, 2.24) is 24.5 Å². The van der Waals surface area contributed by atoms with Crippen molar-refractivity contribution in [3.63, 3.8) is 0 Å². The SMILES string of the molecule is CCOC(=O)c1cc(-c2cnn(C(c3ccccc3)(c3ccccc3)c3ccccc3)c2)n(-c2ccc(OC)nc2)n1. The molecule has 0 atom stereocenters. The highest BCUT2D eigenvalue weighted by atomic mass is 16.5. The van der Waals surface area contributed by atoms with Crippen LogP contribution in [0.2, 0.25) is 0 Å². The maximum atomic E-state index is 12.7. The number of carbonyl (C=O) groups is 1. The zero-order valence-corrected chi connectivity index (χ0v) is 23.3. The van der Waals surface area contributed by atoms with E-state index in [0.29, 0.717) is 17.3 Å². The highest BCUT2D eigenvalue weighted by Crippen LogP contribution is 2.41. The van der Waals surface area contributed by atoms with Crippen LogP contribution in [0.25, 0.3) is 16.9 Å². The van der Waals surface area contributed by atoms with Crippen molar-refractivity contribution < 1.29 is 14.3 Å². The van der Waals surface area contributed by atoms with E-state index in [1.165, 1.54) is 0 Å². The largest absolute Gasteiger partial charge is 0.481 e. The summed E-state index contributed by atoms with van der Waals surface area (Å²) >= 11 is 0. The first-order valence-corrected chi connectivity index (χ1v) is 13.6. The molecule has 0 N–H and O–H groups in total. The van der Waals surface area contributed by atoms with Gasteiger partial charge in [0.05, 0.1) is 37.5 Å². The molecule has 0 bridgehead atoms. The van der Waals surface area contributed by atoms with Gasteiger partial charge in [0.15, 0.2) is 5.69 Å². The van der Waals surface area contributed by atoms with Crippen LogP contribution in [0.4, 0.5) is 0 Å². The van der Waals surface area contributed by atoms with Crippen molar-refractivity contribution in [1.29, 1.82) is 0 Å². The van der Waals surface area contributed by atoms with Crippen molar-refractivity contribution in [3.05, 3.63) is 150 Å². The van der Waals surface area contributed by atoms with Gasteiger partial charge in [-0.25, -0.2) is 14.5 Å². The topological polar surface area (TPSA) is 84.1 Å². The van der Waals surface area contributed by atoms with E-state index in [-0.39, 0.29) is 12.3 Å². The summed E-state index contributed by atoms with van der Waals surface area (Å²) in [6.07, 6.45) is 5.44. The molecule has 0 saturated carbocycles. The molecule has 0 saturated heterocycles.